The lowest BCUT2D eigenvalue weighted by Crippen LogP contribution is -2.55. The number of morpholine rings is 1. The van der Waals surface area contributed by atoms with Crippen LogP contribution in [0.1, 0.15) is 0 Å². The lowest BCUT2D eigenvalue weighted by Gasteiger charge is -2.36. The van der Waals surface area contributed by atoms with Crippen LogP contribution in [0.3, 0.4) is 0 Å². The van der Waals surface area contributed by atoms with E-state index in [1.807, 2.05) is 0 Å². The first-order valence-corrected chi connectivity index (χ1v) is 6.08. The zero-order valence-electron chi connectivity index (χ0n) is 10.6. The van der Waals surface area contributed by atoms with Gasteiger partial charge in [0.1, 0.15) is 18.8 Å². The summed E-state index contributed by atoms with van der Waals surface area (Å²) >= 11 is 0. The van der Waals surface area contributed by atoms with Crippen LogP contribution in [0.2, 0.25) is 0 Å². The van der Waals surface area contributed by atoms with Gasteiger partial charge in [0.25, 0.3) is 5.91 Å². The van der Waals surface area contributed by atoms with Crippen LogP contribution >= 0.6 is 0 Å². The maximum atomic E-state index is 11.9. The quantitative estimate of drug-likeness (QED) is 0.782. The van der Waals surface area contributed by atoms with Crippen molar-refractivity contribution < 1.29 is 19.1 Å². The third-order valence-corrected chi connectivity index (χ3v) is 3.21. The van der Waals surface area contributed by atoms with E-state index < -0.39 is 0 Å². The van der Waals surface area contributed by atoms with Gasteiger partial charge in [0.05, 0.1) is 20.3 Å². The van der Waals surface area contributed by atoms with E-state index in [2.05, 4.69) is 12.4 Å². The van der Waals surface area contributed by atoms with Gasteiger partial charge in [-0.1, -0.05) is 6.07 Å². The van der Waals surface area contributed by atoms with Crippen molar-refractivity contribution in [3.63, 3.8) is 0 Å². The predicted molar refractivity (Wildman–Crippen MR) is 68.3 cm³/mol. The molecule has 1 fully saturated rings. The summed E-state index contributed by atoms with van der Waals surface area (Å²) in [7, 11) is 2.06. The molecule has 1 heterocycles. The fraction of sp³-hybridized carbons (Fsp3) is 0.462. The van der Waals surface area contributed by atoms with Crippen molar-refractivity contribution in [3.8, 4) is 5.75 Å². The molecule has 0 saturated carbocycles. The number of rotatable bonds is 3. The third-order valence-electron chi connectivity index (χ3n) is 3.21. The molecule has 1 aromatic rings. The van der Waals surface area contributed by atoms with Crippen LogP contribution in [0.4, 0.5) is 5.69 Å². The number of nitrogens with zero attached hydrogens (tertiary/aromatic N) is 1. The van der Waals surface area contributed by atoms with Crippen molar-refractivity contribution in [3.05, 3.63) is 24.3 Å². The molecule has 1 saturated heterocycles. The molecule has 2 rings (SSSR count). The van der Waals surface area contributed by atoms with Crippen molar-refractivity contribution in [2.75, 3.05) is 45.2 Å². The number of benzene rings is 1. The number of phenolic OH excluding ortho intramolecular Hbond substituents is 1. The second-order valence-corrected chi connectivity index (χ2v) is 4.94. The molecule has 18 heavy (non-hydrogen) atoms. The SMILES string of the molecule is C[N+]1(CC(=O)Nc2cccc(O)c2)CCOCC1. The van der Waals surface area contributed by atoms with Crippen molar-refractivity contribution in [2.24, 2.45) is 0 Å². The smallest absolute Gasteiger partial charge is 0.279 e. The number of phenols is 1. The summed E-state index contributed by atoms with van der Waals surface area (Å²) in [6.45, 7) is 3.55. The number of amides is 1. The number of likely N-dealkylation sites (N-methyl/N-ethyl adjacent to an activating group) is 1. The molecular formula is C13H19N2O3+. The molecule has 1 aliphatic heterocycles. The largest absolute Gasteiger partial charge is 0.508 e. The van der Waals surface area contributed by atoms with Crippen LogP contribution in [0.5, 0.6) is 5.75 Å². The highest BCUT2D eigenvalue weighted by molar-refractivity contribution is 5.91. The Morgan fingerprint density at radius 1 is 1.44 bits per heavy atom. The molecule has 0 aromatic heterocycles. The van der Waals surface area contributed by atoms with E-state index in [1.54, 1.807) is 18.2 Å². The highest BCUT2D eigenvalue weighted by Crippen LogP contribution is 2.16. The molecule has 1 aliphatic rings. The number of hydrogen-bond donors (Lipinski definition) is 2. The lowest BCUT2D eigenvalue weighted by atomic mass is 10.3. The summed E-state index contributed by atoms with van der Waals surface area (Å²) in [6, 6.07) is 6.58. The van der Waals surface area contributed by atoms with Gasteiger partial charge in [-0.25, -0.2) is 0 Å². The Labute approximate surface area is 107 Å². The van der Waals surface area contributed by atoms with Crippen LogP contribution in [-0.2, 0) is 9.53 Å². The number of aromatic hydroxyl groups is 1. The molecule has 0 bridgehead atoms. The van der Waals surface area contributed by atoms with E-state index in [0.29, 0.717) is 29.9 Å². The first kappa shape index (κ1) is 12.9. The maximum absolute atomic E-state index is 11.9. The maximum Gasteiger partial charge on any atom is 0.279 e. The summed E-state index contributed by atoms with van der Waals surface area (Å²) in [5, 5.41) is 12.1. The Kier molecular flexibility index (Phi) is 3.84. The highest BCUT2D eigenvalue weighted by atomic mass is 16.5. The van der Waals surface area contributed by atoms with Gasteiger partial charge in [0.15, 0.2) is 6.54 Å². The van der Waals surface area contributed by atoms with Crippen molar-refractivity contribution in [1.29, 1.82) is 0 Å². The molecule has 1 amide bonds. The zero-order valence-corrected chi connectivity index (χ0v) is 10.6. The molecule has 0 spiro atoms. The minimum absolute atomic E-state index is 0.0370. The molecule has 0 aliphatic carbocycles. The number of nitrogens with one attached hydrogen (secondary N) is 1. The summed E-state index contributed by atoms with van der Waals surface area (Å²) in [6.07, 6.45) is 0. The van der Waals surface area contributed by atoms with Crippen LogP contribution in [0, 0.1) is 0 Å². The average molecular weight is 251 g/mol. The summed E-state index contributed by atoms with van der Waals surface area (Å²) < 4.78 is 6.00. The van der Waals surface area contributed by atoms with Crippen LogP contribution < -0.4 is 5.32 Å². The van der Waals surface area contributed by atoms with E-state index in [4.69, 9.17) is 4.74 Å². The van der Waals surface area contributed by atoms with Crippen molar-refractivity contribution in [1.82, 2.24) is 0 Å². The Bertz CT molecular complexity index is 428. The molecule has 0 radical (unpaired) electrons. The minimum atomic E-state index is -0.0370. The van der Waals surface area contributed by atoms with Gasteiger partial charge in [-0.2, -0.15) is 0 Å². The van der Waals surface area contributed by atoms with E-state index in [1.165, 1.54) is 6.07 Å². The van der Waals surface area contributed by atoms with Crippen molar-refractivity contribution >= 4 is 11.6 Å². The van der Waals surface area contributed by atoms with E-state index in [-0.39, 0.29) is 11.7 Å². The molecule has 5 heteroatoms. The fourth-order valence-corrected chi connectivity index (χ4v) is 2.07. The summed E-state index contributed by atoms with van der Waals surface area (Å²) in [5.74, 6) is 0.115. The highest BCUT2D eigenvalue weighted by Gasteiger charge is 2.28. The minimum Gasteiger partial charge on any atom is -0.508 e. The Hall–Kier alpha value is -1.59. The summed E-state index contributed by atoms with van der Waals surface area (Å²) in [5.41, 5.74) is 0.625. The van der Waals surface area contributed by atoms with Gasteiger partial charge >= 0.3 is 0 Å². The topological polar surface area (TPSA) is 58.6 Å². The van der Waals surface area contributed by atoms with Gasteiger partial charge in [0, 0.05) is 11.8 Å². The molecule has 98 valence electrons. The number of carbonyl (C=O) groups is 1. The van der Waals surface area contributed by atoms with Crippen molar-refractivity contribution in [2.45, 2.75) is 0 Å². The van der Waals surface area contributed by atoms with Gasteiger partial charge in [-0.05, 0) is 12.1 Å². The Morgan fingerprint density at radius 3 is 2.83 bits per heavy atom. The molecule has 1 aromatic carbocycles. The monoisotopic (exact) mass is 251 g/mol. The van der Waals surface area contributed by atoms with E-state index in [9.17, 15) is 9.90 Å². The van der Waals surface area contributed by atoms with E-state index in [0.717, 1.165) is 13.1 Å². The fourth-order valence-electron chi connectivity index (χ4n) is 2.07. The van der Waals surface area contributed by atoms with Crippen LogP contribution in [-0.4, -0.2) is 55.4 Å². The lowest BCUT2D eigenvalue weighted by molar-refractivity contribution is -0.909. The Morgan fingerprint density at radius 2 is 2.17 bits per heavy atom. The number of hydrogen-bond acceptors (Lipinski definition) is 3. The van der Waals surface area contributed by atoms with Gasteiger partial charge < -0.3 is 19.6 Å². The third kappa shape index (κ3) is 3.45. The number of ether oxygens (including phenoxy) is 1. The molecule has 2 N–H and O–H groups in total. The molecule has 0 unspecified atom stereocenters. The van der Waals surface area contributed by atoms with E-state index >= 15 is 0 Å². The van der Waals surface area contributed by atoms with Crippen LogP contribution in [0.25, 0.3) is 0 Å². The number of anilines is 1. The average Bonchev–Trinajstić information content (AvgIpc) is 2.28. The summed E-state index contributed by atoms with van der Waals surface area (Å²) in [4.78, 5) is 11.9. The molecule has 5 nitrogen and oxygen atoms in total. The first-order chi connectivity index (χ1) is 8.57. The van der Waals surface area contributed by atoms with Gasteiger partial charge in [-0.3, -0.25) is 4.79 Å². The second kappa shape index (κ2) is 5.37. The van der Waals surface area contributed by atoms with Gasteiger partial charge in [0.2, 0.25) is 0 Å². The molecule has 0 atom stereocenters. The first-order valence-electron chi connectivity index (χ1n) is 6.08. The zero-order chi connectivity index (χ0) is 13.0. The predicted octanol–water partition coefficient (Wildman–Crippen LogP) is 0.807. The Balaban J connectivity index is 1.92. The molecular weight excluding hydrogens is 232 g/mol. The number of carbonyl (C=O) groups excluding carboxylic acids is 1. The van der Waals surface area contributed by atoms with Gasteiger partial charge in [-0.15, -0.1) is 0 Å². The normalized spacial score (nSPS) is 18.3. The second-order valence-electron chi connectivity index (χ2n) is 4.94. The standard InChI is InChI=1S/C13H18N2O3/c1-15(5-7-18-8-6-15)10-13(17)14-11-3-2-4-12(16)9-11/h2-4,9H,5-8,10H2,1H3,(H-,14,16,17)/p+1. The number of quaternary nitrogens is 1. The van der Waals surface area contributed by atoms with Crippen LogP contribution in [0.15, 0.2) is 24.3 Å².